The first-order chi connectivity index (χ1) is 9.40. The van der Waals surface area contributed by atoms with Gasteiger partial charge in [-0.1, -0.05) is 26.1 Å². The van der Waals surface area contributed by atoms with Gasteiger partial charge in [0, 0.05) is 19.0 Å². The van der Waals surface area contributed by atoms with Crippen molar-refractivity contribution in [2.45, 2.75) is 34.1 Å². The molecule has 0 aromatic carbocycles. The molecule has 1 atom stereocenters. The van der Waals surface area contributed by atoms with Crippen LogP contribution in [0.1, 0.15) is 42.5 Å². The lowest BCUT2D eigenvalue weighted by Gasteiger charge is -2.24. The van der Waals surface area contributed by atoms with E-state index >= 15 is 0 Å². The predicted octanol–water partition coefficient (Wildman–Crippen LogP) is 1.73. The fraction of sp³-hybridized carbons (Fsp3) is 0.571. The number of nitrogens with two attached hydrogens (primary N) is 1. The van der Waals surface area contributed by atoms with Crippen LogP contribution in [0.4, 0.5) is 0 Å². The summed E-state index contributed by atoms with van der Waals surface area (Å²) in [5, 5.41) is 8.11. The van der Waals surface area contributed by atoms with Crippen LogP contribution in [-0.2, 0) is 6.42 Å². The molecule has 0 radical (unpaired) electrons. The minimum Gasteiger partial charge on any atom is -0.393 e. The number of hydrogen-bond acceptors (Lipinski definition) is 4. The van der Waals surface area contributed by atoms with Crippen molar-refractivity contribution in [1.29, 1.82) is 0 Å². The number of carbonyl (C=O) groups excluding carboxylic acids is 1. The third-order valence-corrected chi connectivity index (χ3v) is 3.61. The van der Waals surface area contributed by atoms with Crippen LogP contribution in [0.15, 0.2) is 6.07 Å². The molecule has 6 heteroatoms. The predicted molar refractivity (Wildman–Crippen MR) is 83.7 cm³/mol. The molecule has 0 saturated heterocycles. The number of hydrogen-bond donors (Lipinski definition) is 1. The van der Waals surface area contributed by atoms with E-state index in [4.69, 9.17) is 18.0 Å². The van der Waals surface area contributed by atoms with Crippen molar-refractivity contribution in [3.8, 4) is 0 Å². The Bertz CT molecular complexity index is 504. The second-order valence-electron chi connectivity index (χ2n) is 4.85. The summed E-state index contributed by atoms with van der Waals surface area (Å²) in [6.45, 7) is 8.79. The topological polar surface area (TPSA) is 72.1 Å². The average molecular weight is 294 g/mol. The van der Waals surface area contributed by atoms with E-state index < -0.39 is 0 Å². The number of aromatic nitrogens is 2. The Labute approximate surface area is 125 Å². The van der Waals surface area contributed by atoms with Crippen molar-refractivity contribution in [3.63, 3.8) is 0 Å². The molecule has 5 nitrogen and oxygen atoms in total. The van der Waals surface area contributed by atoms with Gasteiger partial charge < -0.3 is 10.6 Å². The van der Waals surface area contributed by atoms with Gasteiger partial charge >= 0.3 is 0 Å². The molecule has 0 fully saturated rings. The van der Waals surface area contributed by atoms with Crippen LogP contribution < -0.4 is 5.73 Å². The van der Waals surface area contributed by atoms with Gasteiger partial charge in [0.1, 0.15) is 0 Å². The molecule has 1 aromatic heterocycles. The van der Waals surface area contributed by atoms with Crippen LogP contribution in [-0.4, -0.2) is 39.1 Å². The van der Waals surface area contributed by atoms with Gasteiger partial charge in [0.2, 0.25) is 0 Å². The van der Waals surface area contributed by atoms with Crippen molar-refractivity contribution in [2.24, 2.45) is 11.7 Å². The third-order valence-electron chi connectivity index (χ3n) is 3.21. The van der Waals surface area contributed by atoms with E-state index in [9.17, 15) is 4.79 Å². The number of aryl methyl sites for hydroxylation is 2. The number of rotatable bonds is 6. The second kappa shape index (κ2) is 7.28. The standard InChI is InChI=1S/C14H22N4OS/c1-5-12-11(7-10(4)16-17-12)14(19)18(6-2)8-9(3)13(15)20/h7,9H,5-6,8H2,1-4H3,(H2,15,20). The smallest absolute Gasteiger partial charge is 0.255 e. The Morgan fingerprint density at radius 1 is 1.45 bits per heavy atom. The fourth-order valence-corrected chi connectivity index (χ4v) is 1.98. The summed E-state index contributed by atoms with van der Waals surface area (Å²) in [4.78, 5) is 14.8. The zero-order chi connectivity index (χ0) is 15.3. The SMILES string of the molecule is CCc1nnc(C)cc1C(=O)N(CC)CC(C)C(N)=S. The molecule has 2 N–H and O–H groups in total. The van der Waals surface area contributed by atoms with Gasteiger partial charge in [-0.05, 0) is 26.3 Å². The third kappa shape index (κ3) is 3.96. The molecule has 0 bridgehead atoms. The van der Waals surface area contributed by atoms with E-state index in [1.54, 1.807) is 11.0 Å². The zero-order valence-electron chi connectivity index (χ0n) is 12.5. The molecule has 20 heavy (non-hydrogen) atoms. The summed E-state index contributed by atoms with van der Waals surface area (Å²) in [5.74, 6) is -0.0414. The Kier molecular flexibility index (Phi) is 6.01. The molecule has 110 valence electrons. The number of carbonyl (C=O) groups is 1. The zero-order valence-corrected chi connectivity index (χ0v) is 13.3. The van der Waals surface area contributed by atoms with Crippen molar-refractivity contribution in [2.75, 3.05) is 13.1 Å². The average Bonchev–Trinajstić information content (AvgIpc) is 2.43. The van der Waals surface area contributed by atoms with E-state index in [0.29, 0.717) is 30.1 Å². The second-order valence-corrected chi connectivity index (χ2v) is 5.32. The molecule has 1 amide bonds. The molecule has 1 aromatic rings. The van der Waals surface area contributed by atoms with E-state index in [0.717, 1.165) is 11.4 Å². The lowest BCUT2D eigenvalue weighted by molar-refractivity contribution is 0.0753. The van der Waals surface area contributed by atoms with Crippen molar-refractivity contribution < 1.29 is 4.79 Å². The first-order valence-electron chi connectivity index (χ1n) is 6.82. The minimum atomic E-state index is -0.0366. The summed E-state index contributed by atoms with van der Waals surface area (Å²) in [7, 11) is 0. The fourth-order valence-electron chi connectivity index (χ4n) is 1.91. The summed E-state index contributed by atoms with van der Waals surface area (Å²) in [6.07, 6.45) is 0.677. The van der Waals surface area contributed by atoms with E-state index in [1.807, 2.05) is 27.7 Å². The van der Waals surface area contributed by atoms with Gasteiger partial charge in [-0.2, -0.15) is 10.2 Å². The number of nitrogens with zero attached hydrogens (tertiary/aromatic N) is 3. The van der Waals surface area contributed by atoms with Gasteiger partial charge in [0.05, 0.1) is 21.9 Å². The van der Waals surface area contributed by atoms with Gasteiger partial charge in [0.15, 0.2) is 0 Å². The summed E-state index contributed by atoms with van der Waals surface area (Å²) < 4.78 is 0. The molecular formula is C14H22N4OS. The maximum absolute atomic E-state index is 12.6. The lowest BCUT2D eigenvalue weighted by Crippen LogP contribution is -2.38. The highest BCUT2D eigenvalue weighted by Gasteiger charge is 2.21. The summed E-state index contributed by atoms with van der Waals surface area (Å²) >= 11 is 4.97. The maximum atomic E-state index is 12.6. The minimum absolute atomic E-state index is 0.00475. The van der Waals surface area contributed by atoms with Crippen molar-refractivity contribution >= 4 is 23.1 Å². The molecule has 1 heterocycles. The van der Waals surface area contributed by atoms with Gasteiger partial charge in [-0.25, -0.2) is 0 Å². The van der Waals surface area contributed by atoms with Crippen LogP contribution in [0, 0.1) is 12.8 Å². The molecular weight excluding hydrogens is 272 g/mol. The molecule has 0 aliphatic carbocycles. The normalized spacial score (nSPS) is 12.0. The van der Waals surface area contributed by atoms with Crippen LogP contribution in [0.2, 0.25) is 0 Å². The number of thiocarbonyl (C=S) groups is 1. The van der Waals surface area contributed by atoms with Crippen LogP contribution in [0.3, 0.4) is 0 Å². The Morgan fingerprint density at radius 2 is 2.10 bits per heavy atom. The summed E-state index contributed by atoms with van der Waals surface area (Å²) in [6, 6.07) is 1.79. The molecule has 1 rings (SSSR count). The van der Waals surface area contributed by atoms with Gasteiger partial charge in [-0.3, -0.25) is 4.79 Å². The van der Waals surface area contributed by atoms with E-state index in [1.165, 1.54) is 0 Å². The Hall–Kier alpha value is -1.56. The highest BCUT2D eigenvalue weighted by molar-refractivity contribution is 7.80. The first-order valence-corrected chi connectivity index (χ1v) is 7.23. The summed E-state index contributed by atoms with van der Waals surface area (Å²) in [5.41, 5.74) is 7.72. The Morgan fingerprint density at radius 3 is 2.60 bits per heavy atom. The lowest BCUT2D eigenvalue weighted by atomic mass is 10.1. The molecule has 0 saturated carbocycles. The first kappa shape index (κ1) is 16.5. The van der Waals surface area contributed by atoms with Crippen molar-refractivity contribution in [3.05, 3.63) is 23.0 Å². The largest absolute Gasteiger partial charge is 0.393 e. The molecule has 1 unspecified atom stereocenters. The maximum Gasteiger partial charge on any atom is 0.255 e. The van der Waals surface area contributed by atoms with Crippen LogP contribution >= 0.6 is 12.2 Å². The highest BCUT2D eigenvalue weighted by Crippen LogP contribution is 2.12. The number of amides is 1. The van der Waals surface area contributed by atoms with E-state index in [2.05, 4.69) is 10.2 Å². The van der Waals surface area contributed by atoms with E-state index in [-0.39, 0.29) is 11.8 Å². The van der Waals surface area contributed by atoms with Crippen LogP contribution in [0.25, 0.3) is 0 Å². The van der Waals surface area contributed by atoms with Crippen LogP contribution in [0.5, 0.6) is 0 Å². The Balaban J connectivity index is 3.02. The molecule has 0 aliphatic heterocycles. The monoisotopic (exact) mass is 294 g/mol. The highest BCUT2D eigenvalue weighted by atomic mass is 32.1. The van der Waals surface area contributed by atoms with Crippen molar-refractivity contribution in [1.82, 2.24) is 15.1 Å². The quantitative estimate of drug-likeness (QED) is 0.809. The molecule has 0 aliphatic rings. The van der Waals surface area contributed by atoms with Gasteiger partial charge in [0.25, 0.3) is 5.91 Å². The molecule has 0 spiro atoms. The van der Waals surface area contributed by atoms with Gasteiger partial charge in [-0.15, -0.1) is 0 Å².